The van der Waals surface area contributed by atoms with Crippen LogP contribution in [0, 0.1) is 17.8 Å². The van der Waals surface area contributed by atoms with Gasteiger partial charge in [-0.25, -0.2) is 0 Å². The van der Waals surface area contributed by atoms with Crippen LogP contribution in [-0.4, -0.2) is 24.3 Å². The molecule has 1 N–H and O–H groups in total. The molecule has 0 aromatic carbocycles. The monoisotopic (exact) mass is 214 g/mol. The zero-order valence-corrected chi connectivity index (χ0v) is 9.74. The summed E-state index contributed by atoms with van der Waals surface area (Å²) in [4.78, 5) is 11.7. The first kappa shape index (κ1) is 12.5. The summed E-state index contributed by atoms with van der Waals surface area (Å²) < 4.78 is 5.08. The van der Waals surface area contributed by atoms with E-state index in [0.29, 0.717) is 18.4 Å². The predicted molar refractivity (Wildman–Crippen MR) is 58.3 cm³/mol. The van der Waals surface area contributed by atoms with E-state index in [4.69, 9.17) is 9.84 Å². The highest BCUT2D eigenvalue weighted by molar-refractivity contribution is 5.73. The van der Waals surface area contributed by atoms with Crippen molar-refractivity contribution in [1.82, 2.24) is 0 Å². The number of aliphatic hydroxyl groups is 1. The number of esters is 1. The Morgan fingerprint density at radius 2 is 2.13 bits per heavy atom. The van der Waals surface area contributed by atoms with Crippen LogP contribution in [0.3, 0.4) is 0 Å². The van der Waals surface area contributed by atoms with Gasteiger partial charge in [-0.1, -0.05) is 13.3 Å². The SMILES string of the molecule is CCOC(=O)[C@H]1C[C@H](CCO)C[C@H]1CC. The van der Waals surface area contributed by atoms with Crippen LogP contribution in [0.25, 0.3) is 0 Å². The topological polar surface area (TPSA) is 46.5 Å². The van der Waals surface area contributed by atoms with E-state index in [0.717, 1.165) is 25.7 Å². The van der Waals surface area contributed by atoms with Crippen molar-refractivity contribution in [1.29, 1.82) is 0 Å². The number of ether oxygens (including phenoxy) is 1. The molecule has 0 amide bonds. The third-order valence-electron chi connectivity index (χ3n) is 3.44. The third-order valence-corrected chi connectivity index (χ3v) is 3.44. The average Bonchev–Trinajstić information content (AvgIpc) is 2.62. The Bertz CT molecular complexity index is 203. The molecule has 3 nitrogen and oxygen atoms in total. The van der Waals surface area contributed by atoms with Gasteiger partial charge in [0.2, 0.25) is 0 Å². The van der Waals surface area contributed by atoms with Gasteiger partial charge in [-0.05, 0) is 38.0 Å². The van der Waals surface area contributed by atoms with Crippen molar-refractivity contribution in [2.24, 2.45) is 17.8 Å². The number of hydrogen-bond donors (Lipinski definition) is 1. The van der Waals surface area contributed by atoms with Crippen LogP contribution in [0.5, 0.6) is 0 Å². The fourth-order valence-corrected chi connectivity index (χ4v) is 2.65. The van der Waals surface area contributed by atoms with Gasteiger partial charge in [-0.15, -0.1) is 0 Å². The molecule has 0 heterocycles. The second-order valence-corrected chi connectivity index (χ2v) is 4.38. The summed E-state index contributed by atoms with van der Waals surface area (Å²) in [6, 6.07) is 0. The Morgan fingerprint density at radius 1 is 1.40 bits per heavy atom. The van der Waals surface area contributed by atoms with E-state index in [9.17, 15) is 4.79 Å². The van der Waals surface area contributed by atoms with E-state index in [1.807, 2.05) is 6.92 Å². The molecular formula is C12H22O3. The maximum atomic E-state index is 11.7. The minimum Gasteiger partial charge on any atom is -0.466 e. The molecule has 15 heavy (non-hydrogen) atoms. The summed E-state index contributed by atoms with van der Waals surface area (Å²) >= 11 is 0. The molecule has 0 saturated heterocycles. The summed E-state index contributed by atoms with van der Waals surface area (Å²) in [6.45, 7) is 4.67. The van der Waals surface area contributed by atoms with Gasteiger partial charge in [0.05, 0.1) is 12.5 Å². The summed E-state index contributed by atoms with van der Waals surface area (Å²) in [5.74, 6) is 1.01. The lowest BCUT2D eigenvalue weighted by Crippen LogP contribution is -2.21. The molecule has 1 fully saturated rings. The van der Waals surface area contributed by atoms with Crippen molar-refractivity contribution in [2.45, 2.75) is 39.5 Å². The Morgan fingerprint density at radius 3 is 2.67 bits per heavy atom. The number of aliphatic hydroxyl groups excluding tert-OH is 1. The lowest BCUT2D eigenvalue weighted by molar-refractivity contribution is -0.149. The molecule has 1 saturated carbocycles. The second kappa shape index (κ2) is 6.11. The molecule has 1 aliphatic rings. The van der Waals surface area contributed by atoms with Crippen LogP contribution < -0.4 is 0 Å². The van der Waals surface area contributed by atoms with Crippen molar-refractivity contribution < 1.29 is 14.6 Å². The zero-order chi connectivity index (χ0) is 11.3. The highest BCUT2D eigenvalue weighted by Crippen LogP contribution is 2.40. The van der Waals surface area contributed by atoms with E-state index in [-0.39, 0.29) is 18.5 Å². The molecule has 88 valence electrons. The molecule has 0 bridgehead atoms. The van der Waals surface area contributed by atoms with Gasteiger partial charge in [0.15, 0.2) is 0 Å². The first-order chi connectivity index (χ1) is 7.22. The van der Waals surface area contributed by atoms with E-state index in [2.05, 4.69) is 6.92 Å². The average molecular weight is 214 g/mol. The Kier molecular flexibility index (Phi) is 5.09. The van der Waals surface area contributed by atoms with Gasteiger partial charge in [-0.3, -0.25) is 4.79 Å². The molecule has 0 aromatic heterocycles. The van der Waals surface area contributed by atoms with Gasteiger partial charge < -0.3 is 9.84 Å². The minimum absolute atomic E-state index is 0.0372. The minimum atomic E-state index is -0.0372. The van der Waals surface area contributed by atoms with Gasteiger partial charge in [0, 0.05) is 6.61 Å². The van der Waals surface area contributed by atoms with Gasteiger partial charge in [0.1, 0.15) is 0 Å². The van der Waals surface area contributed by atoms with Gasteiger partial charge in [0.25, 0.3) is 0 Å². The Balaban J connectivity index is 2.51. The predicted octanol–water partition coefficient (Wildman–Crippen LogP) is 1.98. The number of hydrogen-bond acceptors (Lipinski definition) is 3. The largest absolute Gasteiger partial charge is 0.466 e. The number of carbonyl (C=O) groups excluding carboxylic acids is 1. The molecule has 1 rings (SSSR count). The maximum Gasteiger partial charge on any atom is 0.309 e. The van der Waals surface area contributed by atoms with Crippen LogP contribution in [-0.2, 0) is 9.53 Å². The Hall–Kier alpha value is -0.570. The van der Waals surface area contributed by atoms with Crippen molar-refractivity contribution in [3.63, 3.8) is 0 Å². The molecule has 0 unspecified atom stereocenters. The molecule has 0 aromatic rings. The maximum absolute atomic E-state index is 11.7. The summed E-state index contributed by atoms with van der Waals surface area (Å²) in [7, 11) is 0. The highest BCUT2D eigenvalue weighted by atomic mass is 16.5. The fraction of sp³-hybridized carbons (Fsp3) is 0.917. The molecule has 0 spiro atoms. The standard InChI is InChI=1S/C12H22O3/c1-3-10-7-9(5-6-13)8-11(10)12(14)15-4-2/h9-11,13H,3-8H2,1-2H3/t9-,10-,11+/m1/s1. The lowest BCUT2D eigenvalue weighted by atomic mass is 9.94. The van der Waals surface area contributed by atoms with Crippen LogP contribution in [0.4, 0.5) is 0 Å². The summed E-state index contributed by atoms with van der Waals surface area (Å²) in [5.41, 5.74) is 0. The normalized spacial score (nSPS) is 30.5. The van der Waals surface area contributed by atoms with Crippen LogP contribution in [0.15, 0.2) is 0 Å². The van der Waals surface area contributed by atoms with Crippen molar-refractivity contribution in [2.75, 3.05) is 13.2 Å². The molecule has 0 aliphatic heterocycles. The number of rotatable bonds is 5. The van der Waals surface area contributed by atoms with Crippen molar-refractivity contribution in [3.8, 4) is 0 Å². The van der Waals surface area contributed by atoms with Crippen LogP contribution >= 0.6 is 0 Å². The number of carbonyl (C=O) groups is 1. The van der Waals surface area contributed by atoms with Crippen molar-refractivity contribution >= 4 is 5.97 Å². The smallest absolute Gasteiger partial charge is 0.309 e. The molecule has 0 radical (unpaired) electrons. The van der Waals surface area contributed by atoms with E-state index >= 15 is 0 Å². The van der Waals surface area contributed by atoms with E-state index in [1.54, 1.807) is 0 Å². The zero-order valence-electron chi connectivity index (χ0n) is 9.74. The molecular weight excluding hydrogens is 192 g/mol. The first-order valence-electron chi connectivity index (χ1n) is 6.00. The van der Waals surface area contributed by atoms with Crippen LogP contribution in [0.1, 0.15) is 39.5 Å². The van der Waals surface area contributed by atoms with Crippen LogP contribution in [0.2, 0.25) is 0 Å². The summed E-state index contributed by atoms with van der Waals surface area (Å²) in [6.07, 6.45) is 3.83. The van der Waals surface area contributed by atoms with Gasteiger partial charge >= 0.3 is 5.97 Å². The van der Waals surface area contributed by atoms with Gasteiger partial charge in [-0.2, -0.15) is 0 Å². The first-order valence-corrected chi connectivity index (χ1v) is 6.00. The second-order valence-electron chi connectivity index (χ2n) is 4.38. The van der Waals surface area contributed by atoms with E-state index in [1.165, 1.54) is 0 Å². The summed E-state index contributed by atoms with van der Waals surface area (Å²) in [5, 5.41) is 8.90. The molecule has 1 aliphatic carbocycles. The molecule has 3 heteroatoms. The third kappa shape index (κ3) is 3.20. The lowest BCUT2D eigenvalue weighted by Gasteiger charge is -2.15. The van der Waals surface area contributed by atoms with E-state index < -0.39 is 0 Å². The quantitative estimate of drug-likeness (QED) is 0.712. The fourth-order valence-electron chi connectivity index (χ4n) is 2.65. The van der Waals surface area contributed by atoms with Crippen molar-refractivity contribution in [3.05, 3.63) is 0 Å². The molecule has 3 atom stereocenters. The highest BCUT2D eigenvalue weighted by Gasteiger charge is 2.37. The Labute approximate surface area is 91.8 Å².